The molecule has 0 bridgehead atoms. The van der Waals surface area contributed by atoms with E-state index in [4.69, 9.17) is 27.9 Å². The number of halogens is 2. The van der Waals surface area contributed by atoms with E-state index in [1.807, 2.05) is 0 Å². The molecule has 7 nitrogen and oxygen atoms in total. The number of aliphatic hydroxyl groups is 2. The molecule has 0 saturated carbocycles. The molecule has 0 aliphatic carbocycles. The van der Waals surface area contributed by atoms with Crippen molar-refractivity contribution in [3.05, 3.63) is 32.9 Å². The van der Waals surface area contributed by atoms with Gasteiger partial charge in [0, 0.05) is 0 Å². The molecule has 1 aliphatic rings. The van der Waals surface area contributed by atoms with Gasteiger partial charge in [-0.05, 0) is 0 Å². The monoisotopic (exact) mass is 304 g/mol. The highest BCUT2D eigenvalue weighted by molar-refractivity contribution is 6.27. The topological polar surface area (TPSA) is 105 Å². The molecule has 108 valence electrons. The number of H-pyrrole nitrogens is 1. The quantitative estimate of drug-likeness (QED) is 0.457. The first-order valence-corrected chi connectivity index (χ1v) is 5.85. The maximum atomic E-state index is 13.3. The summed E-state index contributed by atoms with van der Waals surface area (Å²) in [6.45, 7) is -0.603. The van der Waals surface area contributed by atoms with Gasteiger partial charge in [-0.1, -0.05) is 17.5 Å². The van der Waals surface area contributed by atoms with Crippen molar-refractivity contribution in [1.29, 1.82) is 0 Å². The Bertz CT molecular complexity index is 681. The van der Waals surface area contributed by atoms with Crippen molar-refractivity contribution in [3.8, 4) is 12.3 Å². The molecular formula is C11H10ClFN2O5. The predicted octanol–water partition coefficient (Wildman–Crippen LogP) is -1.46. The summed E-state index contributed by atoms with van der Waals surface area (Å²) in [5.41, 5.74) is -2.21. The standard InChI is InChI=1S/C11H10ClFN2O5/c1-2-11(12)7(17)6(4-16)20-9(11)15-3-5(13)8(18)14-10(15)19/h1,3,6-7,9,16-17H,4H2,(H,14,18,19)/t6-,7?,9-,11-/m1/s1. The molecule has 2 rings (SSSR count). The van der Waals surface area contributed by atoms with Crippen molar-refractivity contribution in [2.24, 2.45) is 0 Å². The van der Waals surface area contributed by atoms with E-state index in [1.165, 1.54) is 0 Å². The van der Waals surface area contributed by atoms with Gasteiger partial charge in [0.05, 0.1) is 12.8 Å². The molecule has 1 saturated heterocycles. The molecule has 1 fully saturated rings. The predicted molar refractivity (Wildman–Crippen MR) is 65.7 cm³/mol. The molecule has 3 N–H and O–H groups in total. The Labute approximate surface area is 116 Å². The molecule has 0 radical (unpaired) electrons. The largest absolute Gasteiger partial charge is 0.394 e. The molecule has 1 aromatic heterocycles. The zero-order chi connectivity index (χ0) is 15.1. The average molecular weight is 305 g/mol. The summed E-state index contributed by atoms with van der Waals surface area (Å²) in [5.74, 6) is 0.825. The number of hydrogen-bond donors (Lipinski definition) is 3. The van der Waals surface area contributed by atoms with Crippen LogP contribution in [0.15, 0.2) is 15.8 Å². The van der Waals surface area contributed by atoms with Gasteiger partial charge in [-0.3, -0.25) is 14.3 Å². The number of aromatic amines is 1. The Kier molecular flexibility index (Phi) is 3.71. The second-order valence-corrected chi connectivity index (χ2v) is 4.84. The number of terminal acetylenes is 1. The molecule has 9 heteroatoms. The summed E-state index contributed by atoms with van der Waals surface area (Å²) < 4.78 is 19.1. The van der Waals surface area contributed by atoms with Gasteiger partial charge in [0.2, 0.25) is 5.82 Å². The van der Waals surface area contributed by atoms with Crippen LogP contribution in [-0.2, 0) is 4.74 Å². The summed E-state index contributed by atoms with van der Waals surface area (Å²) in [5, 5.41) is 19.0. The van der Waals surface area contributed by atoms with E-state index in [1.54, 1.807) is 4.98 Å². The first-order chi connectivity index (χ1) is 9.35. The lowest BCUT2D eigenvalue weighted by atomic mass is 9.99. The normalized spacial score (nSPS) is 33.0. The third-order valence-electron chi connectivity index (χ3n) is 3.02. The summed E-state index contributed by atoms with van der Waals surface area (Å²) in [4.78, 5) is 22.5. The van der Waals surface area contributed by atoms with Crippen molar-refractivity contribution >= 4 is 11.6 Å². The van der Waals surface area contributed by atoms with Gasteiger partial charge < -0.3 is 14.9 Å². The SMILES string of the molecule is C#C[C@@]1(Cl)C(O)[C@@H](CO)O[C@H]1n1cc(F)c(=O)[nH]c1=O. The molecular weight excluding hydrogens is 295 g/mol. The highest BCUT2D eigenvalue weighted by Crippen LogP contribution is 2.42. The summed E-state index contributed by atoms with van der Waals surface area (Å²) in [6, 6.07) is 0. The summed E-state index contributed by atoms with van der Waals surface area (Å²) in [6.07, 6.45) is 1.74. The van der Waals surface area contributed by atoms with E-state index in [0.29, 0.717) is 10.8 Å². The number of alkyl halides is 1. The minimum atomic E-state index is -1.89. The van der Waals surface area contributed by atoms with Gasteiger partial charge in [-0.2, -0.15) is 4.39 Å². The Balaban J connectivity index is 2.58. The number of nitrogens with zero attached hydrogens (tertiary/aromatic N) is 1. The van der Waals surface area contributed by atoms with Crippen LogP contribution < -0.4 is 11.2 Å². The Hall–Kier alpha value is -1.66. The van der Waals surface area contributed by atoms with Crippen molar-refractivity contribution < 1.29 is 19.3 Å². The summed E-state index contributed by atoms with van der Waals surface area (Å²) in [7, 11) is 0. The second-order valence-electron chi connectivity index (χ2n) is 4.21. The average Bonchev–Trinajstić information content (AvgIpc) is 2.67. The lowest BCUT2D eigenvalue weighted by molar-refractivity contribution is -0.0467. The molecule has 2 heterocycles. The number of hydrogen-bond acceptors (Lipinski definition) is 5. The van der Waals surface area contributed by atoms with Crippen LogP contribution in [0.3, 0.4) is 0 Å². The van der Waals surface area contributed by atoms with Crippen LogP contribution in [0, 0.1) is 18.2 Å². The fraction of sp³-hybridized carbons (Fsp3) is 0.455. The second kappa shape index (κ2) is 5.03. The maximum absolute atomic E-state index is 13.3. The minimum absolute atomic E-state index is 0.576. The van der Waals surface area contributed by atoms with E-state index in [9.17, 15) is 19.1 Å². The van der Waals surface area contributed by atoms with Crippen LogP contribution in [0.4, 0.5) is 4.39 Å². The van der Waals surface area contributed by atoms with E-state index in [0.717, 1.165) is 0 Å². The number of aromatic nitrogens is 2. The maximum Gasteiger partial charge on any atom is 0.330 e. The van der Waals surface area contributed by atoms with Crippen LogP contribution in [0.1, 0.15) is 6.23 Å². The van der Waals surface area contributed by atoms with Crippen molar-refractivity contribution in [2.75, 3.05) is 6.61 Å². The molecule has 4 atom stereocenters. The zero-order valence-corrected chi connectivity index (χ0v) is 10.7. The molecule has 1 aliphatic heterocycles. The lowest BCUT2D eigenvalue weighted by Gasteiger charge is -2.25. The van der Waals surface area contributed by atoms with Crippen molar-refractivity contribution in [3.63, 3.8) is 0 Å². The minimum Gasteiger partial charge on any atom is -0.394 e. The van der Waals surface area contributed by atoms with Crippen LogP contribution in [0.5, 0.6) is 0 Å². The van der Waals surface area contributed by atoms with Gasteiger partial charge in [-0.15, -0.1) is 6.42 Å². The fourth-order valence-corrected chi connectivity index (χ4v) is 2.26. The van der Waals surface area contributed by atoms with Crippen LogP contribution >= 0.6 is 11.6 Å². The van der Waals surface area contributed by atoms with E-state index in [-0.39, 0.29) is 0 Å². The molecule has 0 spiro atoms. The third kappa shape index (κ3) is 2.05. The Morgan fingerprint density at radius 1 is 1.65 bits per heavy atom. The van der Waals surface area contributed by atoms with E-state index >= 15 is 0 Å². The highest BCUT2D eigenvalue weighted by Gasteiger charge is 2.55. The molecule has 1 unspecified atom stereocenters. The molecule has 1 aromatic rings. The van der Waals surface area contributed by atoms with Gasteiger partial charge in [0.1, 0.15) is 12.2 Å². The van der Waals surface area contributed by atoms with Crippen molar-refractivity contribution in [2.45, 2.75) is 23.3 Å². The number of aliphatic hydroxyl groups excluding tert-OH is 2. The van der Waals surface area contributed by atoms with Gasteiger partial charge in [0.15, 0.2) is 11.1 Å². The first kappa shape index (κ1) is 14.7. The van der Waals surface area contributed by atoms with Crippen LogP contribution in [0.2, 0.25) is 0 Å². The van der Waals surface area contributed by atoms with E-state index < -0.39 is 47.0 Å². The van der Waals surface area contributed by atoms with Crippen LogP contribution in [0.25, 0.3) is 0 Å². The van der Waals surface area contributed by atoms with Gasteiger partial charge in [-0.25, -0.2) is 4.79 Å². The number of ether oxygens (including phenoxy) is 1. The lowest BCUT2D eigenvalue weighted by Crippen LogP contribution is -2.44. The number of nitrogens with one attached hydrogen (secondary N) is 1. The fourth-order valence-electron chi connectivity index (χ4n) is 1.96. The summed E-state index contributed by atoms with van der Waals surface area (Å²) >= 11 is 6.05. The Morgan fingerprint density at radius 3 is 2.85 bits per heavy atom. The van der Waals surface area contributed by atoms with Crippen LogP contribution in [-0.4, -0.2) is 43.5 Å². The van der Waals surface area contributed by atoms with Gasteiger partial charge in [0.25, 0.3) is 5.56 Å². The molecule has 0 aromatic carbocycles. The Morgan fingerprint density at radius 2 is 2.30 bits per heavy atom. The van der Waals surface area contributed by atoms with E-state index in [2.05, 4.69) is 5.92 Å². The molecule has 0 amide bonds. The first-order valence-electron chi connectivity index (χ1n) is 5.47. The zero-order valence-electron chi connectivity index (χ0n) is 9.92. The molecule has 20 heavy (non-hydrogen) atoms. The highest BCUT2D eigenvalue weighted by atomic mass is 35.5. The number of rotatable bonds is 2. The smallest absolute Gasteiger partial charge is 0.330 e. The van der Waals surface area contributed by atoms with Crippen molar-refractivity contribution in [1.82, 2.24) is 9.55 Å². The third-order valence-corrected chi connectivity index (χ3v) is 3.54. The van der Waals surface area contributed by atoms with Gasteiger partial charge >= 0.3 is 5.69 Å².